The van der Waals surface area contributed by atoms with Crippen molar-refractivity contribution in [3.63, 3.8) is 0 Å². The Morgan fingerprint density at radius 2 is 1.02 bits per heavy atom. The number of rotatable bonds is 7. The van der Waals surface area contributed by atoms with Gasteiger partial charge >= 0.3 is 0 Å². The maximum Gasteiger partial charge on any atom is 0.228 e. The second-order valence-corrected chi connectivity index (χ2v) is 16.5. The number of nitrogens with zero attached hydrogens (tertiary/aromatic N) is 3. The molecule has 7 heteroatoms. The molecule has 0 saturated heterocycles. The van der Waals surface area contributed by atoms with Gasteiger partial charge in [0, 0.05) is 59.6 Å². The Morgan fingerprint density at radius 1 is 0.387 bits per heavy atom. The summed E-state index contributed by atoms with van der Waals surface area (Å²) < 4.78 is 22.2. The molecule has 0 aliphatic heterocycles. The third kappa shape index (κ3) is 5.39. The van der Waals surface area contributed by atoms with Gasteiger partial charge in [0.05, 0.1) is 21.8 Å². The number of benzene rings is 9. The summed E-state index contributed by atoms with van der Waals surface area (Å²) in [6, 6.07) is 69.6. The lowest BCUT2D eigenvalue weighted by Gasteiger charge is -2.29. The highest BCUT2D eigenvalue weighted by Crippen LogP contribution is 2.50. The van der Waals surface area contributed by atoms with Crippen LogP contribution in [-0.2, 0) is 0 Å². The molecular weight excluding hydrogens is 783 g/mol. The highest BCUT2D eigenvalue weighted by Gasteiger charge is 2.27. The number of aromatic nitrogens is 1. The van der Waals surface area contributed by atoms with E-state index in [4.69, 9.17) is 18.2 Å². The normalized spacial score (nSPS) is 11.9. The summed E-state index contributed by atoms with van der Waals surface area (Å²) in [6.45, 7) is 0. The molecule has 0 spiro atoms. The Kier molecular flexibility index (Phi) is 7.67. The van der Waals surface area contributed by atoms with Gasteiger partial charge in [-0.25, -0.2) is 4.98 Å². The summed E-state index contributed by atoms with van der Waals surface area (Å²) in [5, 5.41) is 6.55. The zero-order valence-electron chi connectivity index (χ0n) is 33.0. The van der Waals surface area contributed by atoms with Gasteiger partial charge in [-0.05, 0) is 91.0 Å². The van der Waals surface area contributed by atoms with Crippen LogP contribution >= 0.6 is 11.3 Å². The van der Waals surface area contributed by atoms with Crippen LogP contribution in [0.5, 0.6) is 0 Å². The van der Waals surface area contributed by atoms with Crippen LogP contribution < -0.4 is 9.80 Å². The second-order valence-electron chi connectivity index (χ2n) is 15.5. The Hall–Kier alpha value is -8.13. The van der Waals surface area contributed by atoms with E-state index in [0.29, 0.717) is 11.5 Å². The smallest absolute Gasteiger partial charge is 0.228 e. The Bertz CT molecular complexity index is 3840. The molecule has 292 valence electrons. The van der Waals surface area contributed by atoms with Gasteiger partial charge in [-0.1, -0.05) is 109 Å². The lowest BCUT2D eigenvalue weighted by Crippen LogP contribution is -2.13. The monoisotopic (exact) mass is 815 g/mol. The Morgan fingerprint density at radius 3 is 1.84 bits per heavy atom. The molecule has 0 N–H and O–H groups in total. The molecular formula is C55H33N3O3S. The van der Waals surface area contributed by atoms with Crippen molar-refractivity contribution < 1.29 is 13.3 Å². The molecule has 6 nitrogen and oxygen atoms in total. The van der Waals surface area contributed by atoms with E-state index < -0.39 is 0 Å². The standard InChI is InChI=1S/C55H33N3O3S/c1-3-15-34(16-4-1)57(36-29-30-49-43(31-36)38-19-7-10-25-47(38)59-49)37-32-44-53(61-55(56-44)42-23-14-27-50-52(42)41-21-8-11-26-48(41)60-50)46(33-37)58(35-17-5-2-6-18-35)45-24-13-22-40-39-20-9-12-28-51(39)62-54(40)45/h1-33H. The van der Waals surface area contributed by atoms with Gasteiger partial charge in [-0.15, -0.1) is 11.3 Å². The minimum atomic E-state index is 0.515. The molecule has 0 unspecified atom stereocenters. The molecule has 0 bridgehead atoms. The number of furan rings is 2. The van der Waals surface area contributed by atoms with Crippen molar-refractivity contribution in [3.8, 4) is 11.5 Å². The molecule has 0 aliphatic rings. The van der Waals surface area contributed by atoms with Crippen LogP contribution in [0, 0.1) is 0 Å². The zero-order valence-corrected chi connectivity index (χ0v) is 33.8. The maximum atomic E-state index is 7.13. The van der Waals surface area contributed by atoms with Crippen molar-refractivity contribution in [1.29, 1.82) is 0 Å². The van der Waals surface area contributed by atoms with Crippen molar-refractivity contribution in [2.45, 2.75) is 0 Å². The number of fused-ring (bicyclic) bond motifs is 10. The molecule has 0 amide bonds. The lowest BCUT2D eigenvalue weighted by molar-refractivity contribution is 0.620. The fourth-order valence-electron chi connectivity index (χ4n) is 9.13. The summed E-state index contributed by atoms with van der Waals surface area (Å²) in [5.41, 5.74) is 11.4. The predicted octanol–water partition coefficient (Wildman–Crippen LogP) is 16.6. The number of para-hydroxylation sites is 4. The molecule has 62 heavy (non-hydrogen) atoms. The topological polar surface area (TPSA) is 58.8 Å². The molecule has 9 aromatic carbocycles. The largest absolute Gasteiger partial charge is 0.456 e. The Balaban J connectivity index is 1.12. The van der Waals surface area contributed by atoms with Crippen molar-refractivity contribution in [2.24, 2.45) is 0 Å². The van der Waals surface area contributed by atoms with Gasteiger partial charge < -0.3 is 23.1 Å². The van der Waals surface area contributed by atoms with Crippen LogP contribution in [-0.4, -0.2) is 4.98 Å². The van der Waals surface area contributed by atoms with Crippen molar-refractivity contribution in [2.75, 3.05) is 9.80 Å². The second kappa shape index (κ2) is 13.7. The summed E-state index contributed by atoms with van der Waals surface area (Å²) in [6.07, 6.45) is 0. The number of hydrogen-bond donors (Lipinski definition) is 0. The average molecular weight is 816 g/mol. The van der Waals surface area contributed by atoms with E-state index in [0.717, 1.165) is 89.1 Å². The number of hydrogen-bond acceptors (Lipinski definition) is 7. The van der Waals surface area contributed by atoms with Crippen molar-refractivity contribution in [3.05, 3.63) is 200 Å². The minimum absolute atomic E-state index is 0.515. The summed E-state index contributed by atoms with van der Waals surface area (Å²) in [7, 11) is 0. The SMILES string of the molecule is c1ccc(N(c2cc(N(c3ccccc3)c3cccc4c3sc3ccccc34)c3oc(-c4cccc5oc6ccccc6c45)nc3c2)c2ccc3oc4ccccc4c3c2)cc1. The first-order valence-corrected chi connectivity index (χ1v) is 21.4. The first kappa shape index (κ1) is 34.7. The molecule has 4 aromatic heterocycles. The van der Waals surface area contributed by atoms with Crippen molar-refractivity contribution in [1.82, 2.24) is 4.98 Å². The molecule has 13 aromatic rings. The van der Waals surface area contributed by atoms with E-state index in [9.17, 15) is 0 Å². The van der Waals surface area contributed by atoms with E-state index in [2.05, 4.69) is 168 Å². The fourth-order valence-corrected chi connectivity index (χ4v) is 10.3. The van der Waals surface area contributed by atoms with Gasteiger partial charge in [0.2, 0.25) is 5.89 Å². The number of oxazole rings is 1. The van der Waals surface area contributed by atoms with Gasteiger partial charge in [0.25, 0.3) is 0 Å². The summed E-state index contributed by atoms with van der Waals surface area (Å²) in [5.74, 6) is 0.515. The van der Waals surface area contributed by atoms with Gasteiger partial charge in [-0.3, -0.25) is 0 Å². The molecule has 0 atom stereocenters. The van der Waals surface area contributed by atoms with E-state index >= 15 is 0 Å². The van der Waals surface area contributed by atoms with Crippen LogP contribution in [0.15, 0.2) is 213 Å². The van der Waals surface area contributed by atoms with E-state index in [1.54, 1.807) is 11.3 Å². The number of thiophene rings is 1. The third-order valence-corrected chi connectivity index (χ3v) is 13.1. The molecule has 4 heterocycles. The average Bonchev–Trinajstić information content (AvgIpc) is 4.12. The highest BCUT2D eigenvalue weighted by molar-refractivity contribution is 7.26. The first-order chi connectivity index (χ1) is 30.7. The fraction of sp³-hybridized carbons (Fsp3) is 0. The third-order valence-electron chi connectivity index (χ3n) is 11.9. The Labute approximate surface area is 358 Å². The molecule has 0 radical (unpaired) electrons. The molecule has 13 rings (SSSR count). The molecule has 0 fully saturated rings. The quantitative estimate of drug-likeness (QED) is 0.160. The van der Waals surface area contributed by atoms with Crippen LogP contribution in [0.3, 0.4) is 0 Å². The predicted molar refractivity (Wildman–Crippen MR) is 256 cm³/mol. The van der Waals surface area contributed by atoms with Crippen LogP contribution in [0.1, 0.15) is 0 Å². The summed E-state index contributed by atoms with van der Waals surface area (Å²) >= 11 is 1.81. The first-order valence-electron chi connectivity index (χ1n) is 20.6. The van der Waals surface area contributed by atoms with E-state index in [1.165, 1.54) is 20.2 Å². The summed E-state index contributed by atoms with van der Waals surface area (Å²) in [4.78, 5) is 10.0. The van der Waals surface area contributed by atoms with Gasteiger partial charge in [-0.2, -0.15) is 0 Å². The zero-order chi connectivity index (χ0) is 40.7. The van der Waals surface area contributed by atoms with Crippen LogP contribution in [0.2, 0.25) is 0 Å². The molecule has 0 saturated carbocycles. The van der Waals surface area contributed by atoms with Crippen LogP contribution in [0.4, 0.5) is 34.1 Å². The molecule has 0 aliphatic carbocycles. The van der Waals surface area contributed by atoms with E-state index in [-0.39, 0.29) is 0 Å². The van der Waals surface area contributed by atoms with Crippen molar-refractivity contribution >= 4 is 121 Å². The van der Waals surface area contributed by atoms with Gasteiger partial charge in [0.15, 0.2) is 5.58 Å². The number of anilines is 6. The van der Waals surface area contributed by atoms with Gasteiger partial charge in [0.1, 0.15) is 27.8 Å². The lowest BCUT2D eigenvalue weighted by atomic mass is 10.1. The van der Waals surface area contributed by atoms with E-state index in [1.807, 2.05) is 42.5 Å². The van der Waals surface area contributed by atoms with Crippen LogP contribution in [0.25, 0.3) is 86.6 Å². The maximum absolute atomic E-state index is 7.13. The highest BCUT2D eigenvalue weighted by atomic mass is 32.1. The minimum Gasteiger partial charge on any atom is -0.456 e.